The Morgan fingerprint density at radius 2 is 0.400 bits per heavy atom. The minimum absolute atomic E-state index is 0.802. The molecule has 0 amide bonds. The number of hydrogen-bond donors (Lipinski definition) is 0. The van der Waals surface area contributed by atoms with Crippen LogP contribution in [0.25, 0.3) is 0 Å². The molecule has 0 heterocycles. The van der Waals surface area contributed by atoms with E-state index >= 15 is 0 Å². The molecule has 0 aliphatic rings. The van der Waals surface area contributed by atoms with Gasteiger partial charge in [-0.1, -0.05) is 0 Å². The summed E-state index contributed by atoms with van der Waals surface area (Å²) in [6.07, 6.45) is -82.2. The van der Waals surface area contributed by atoms with Crippen molar-refractivity contribution in [2.45, 2.75) is 74.2 Å². The van der Waals surface area contributed by atoms with E-state index in [1.54, 1.807) is 0 Å². The fourth-order valence-corrected chi connectivity index (χ4v) is 1.40. The first-order chi connectivity index (χ1) is 16.8. The maximum absolute atomic E-state index is 13.2. The SMILES string of the molecule is CC(F)(F)OC(F)(F)C(F)(F)OC(F)(F)C(F)(F)OC(F)(F)C(F)(F)OC(F)(F)C(F)(F)OC(F)(F)C(F)(F)F. The molecule has 0 aromatic carbocycles. The molecule has 0 aliphatic heterocycles. The second-order valence-corrected chi connectivity index (χ2v) is 6.47. The minimum Gasteiger partial charge on any atom is -0.248 e. The molecular formula is C12H3F23O5. The van der Waals surface area contributed by atoms with Gasteiger partial charge >= 0.3 is 67.3 Å². The van der Waals surface area contributed by atoms with Crippen molar-refractivity contribution in [3.8, 4) is 0 Å². The van der Waals surface area contributed by atoms with Crippen LogP contribution in [0.2, 0.25) is 0 Å². The highest BCUT2D eigenvalue weighted by Crippen LogP contribution is 2.53. The highest BCUT2D eigenvalue weighted by molar-refractivity contribution is 4.81. The van der Waals surface area contributed by atoms with Gasteiger partial charge in [-0.3, -0.25) is 0 Å². The lowest BCUT2D eigenvalue weighted by Gasteiger charge is -2.36. The van der Waals surface area contributed by atoms with E-state index in [2.05, 4.69) is 0 Å². The standard InChI is InChI=1S/C12H3F23O5/c1-2(13,14)36-5(20,21)6(22,23)38-9(28,29)10(30,31)40-12(34,35)11(32,33)39-8(26,27)7(24,25)37-4(18,19)3(15,16)17/h1H3. The Balaban J connectivity index is 6.11. The molecule has 0 rings (SSSR count). The van der Waals surface area contributed by atoms with E-state index in [-0.39, 0.29) is 0 Å². The van der Waals surface area contributed by atoms with Gasteiger partial charge < -0.3 is 0 Å². The third kappa shape index (κ3) is 8.37. The van der Waals surface area contributed by atoms with Gasteiger partial charge in [0.25, 0.3) is 0 Å². The van der Waals surface area contributed by atoms with Crippen molar-refractivity contribution in [1.82, 2.24) is 0 Å². The summed E-state index contributed by atoms with van der Waals surface area (Å²) in [5.41, 5.74) is 0. The van der Waals surface area contributed by atoms with Crippen molar-refractivity contribution in [3.63, 3.8) is 0 Å². The summed E-state index contributed by atoms with van der Waals surface area (Å²) >= 11 is 0. The van der Waals surface area contributed by atoms with Gasteiger partial charge in [0.1, 0.15) is 0 Å². The first kappa shape index (κ1) is 38.2. The molecule has 28 heteroatoms. The van der Waals surface area contributed by atoms with Crippen molar-refractivity contribution < 1.29 is 125 Å². The van der Waals surface area contributed by atoms with Gasteiger partial charge in [0.05, 0.1) is 0 Å². The average molecular weight is 664 g/mol. The second kappa shape index (κ2) is 10.2. The third-order valence-corrected chi connectivity index (χ3v) is 3.02. The van der Waals surface area contributed by atoms with Gasteiger partial charge in [0, 0.05) is 6.92 Å². The Kier molecular flexibility index (Phi) is 9.71. The smallest absolute Gasteiger partial charge is 0.248 e. The first-order valence-corrected chi connectivity index (χ1v) is 8.14. The summed E-state index contributed by atoms with van der Waals surface area (Å²) < 4.78 is 300. The maximum atomic E-state index is 13.2. The van der Waals surface area contributed by atoms with Gasteiger partial charge in [0.15, 0.2) is 0 Å². The van der Waals surface area contributed by atoms with Gasteiger partial charge in [-0.2, -0.15) is 101 Å². The number of alkyl halides is 23. The summed E-state index contributed by atoms with van der Waals surface area (Å²) in [5.74, 6) is 0. The zero-order chi connectivity index (χ0) is 33.0. The van der Waals surface area contributed by atoms with Crippen LogP contribution in [-0.2, 0) is 23.7 Å². The normalized spacial score (nSPS) is 16.5. The van der Waals surface area contributed by atoms with Crippen LogP contribution < -0.4 is 0 Å². The fraction of sp³-hybridized carbons (Fsp3) is 1.00. The summed E-state index contributed by atoms with van der Waals surface area (Å²) in [5, 5.41) is 0. The average Bonchev–Trinajstić information content (AvgIpc) is 2.53. The predicted molar refractivity (Wildman–Crippen MR) is 66.6 cm³/mol. The number of halogens is 23. The molecule has 5 nitrogen and oxygen atoms in total. The highest BCUT2D eigenvalue weighted by atomic mass is 19.4. The summed E-state index contributed by atoms with van der Waals surface area (Å²) in [4.78, 5) is 0. The lowest BCUT2D eigenvalue weighted by molar-refractivity contribution is -0.590. The largest absolute Gasteiger partial charge is 0.483 e. The van der Waals surface area contributed by atoms with E-state index in [1.807, 2.05) is 4.74 Å². The topological polar surface area (TPSA) is 46.2 Å². The van der Waals surface area contributed by atoms with Crippen LogP contribution in [0, 0.1) is 0 Å². The molecule has 242 valence electrons. The molecule has 0 radical (unpaired) electrons. The van der Waals surface area contributed by atoms with E-state index in [9.17, 15) is 101 Å². The van der Waals surface area contributed by atoms with Crippen LogP contribution in [0.5, 0.6) is 0 Å². The molecule has 0 saturated heterocycles. The van der Waals surface area contributed by atoms with Crippen molar-refractivity contribution >= 4 is 0 Å². The monoisotopic (exact) mass is 664 g/mol. The zero-order valence-electron chi connectivity index (χ0n) is 17.2. The molecule has 0 bridgehead atoms. The number of rotatable bonds is 14. The molecule has 0 aromatic rings. The lowest BCUT2D eigenvalue weighted by Crippen LogP contribution is -2.61. The number of hydrogen-bond acceptors (Lipinski definition) is 5. The van der Waals surface area contributed by atoms with Crippen LogP contribution >= 0.6 is 0 Å². The molecule has 0 aromatic heterocycles. The van der Waals surface area contributed by atoms with E-state index < -0.39 is 74.2 Å². The van der Waals surface area contributed by atoms with Crippen LogP contribution in [0.4, 0.5) is 101 Å². The lowest BCUT2D eigenvalue weighted by atomic mass is 10.4. The Hall–Kier alpha value is -1.81. The molecule has 0 unspecified atom stereocenters. The van der Waals surface area contributed by atoms with Gasteiger partial charge in [-0.05, 0) is 0 Å². The van der Waals surface area contributed by atoms with Gasteiger partial charge in [0.2, 0.25) is 0 Å². The highest BCUT2D eigenvalue weighted by Gasteiger charge is 2.79. The van der Waals surface area contributed by atoms with E-state index in [0.717, 1.165) is 0 Å². The second-order valence-electron chi connectivity index (χ2n) is 6.47. The third-order valence-electron chi connectivity index (χ3n) is 3.02. The van der Waals surface area contributed by atoms with Crippen molar-refractivity contribution in [1.29, 1.82) is 0 Å². The van der Waals surface area contributed by atoms with Crippen molar-refractivity contribution in [2.75, 3.05) is 0 Å². The molecule has 40 heavy (non-hydrogen) atoms. The van der Waals surface area contributed by atoms with Crippen LogP contribution in [0.3, 0.4) is 0 Å². The Bertz CT molecular complexity index is 872. The molecule has 0 spiro atoms. The van der Waals surface area contributed by atoms with Gasteiger partial charge in [-0.15, -0.1) is 0 Å². The molecule has 0 atom stereocenters. The van der Waals surface area contributed by atoms with Crippen molar-refractivity contribution in [2.24, 2.45) is 0 Å². The summed E-state index contributed by atoms with van der Waals surface area (Å²) in [6, 6.07) is 0. The van der Waals surface area contributed by atoms with E-state index in [0.29, 0.717) is 0 Å². The van der Waals surface area contributed by atoms with Crippen LogP contribution in [0.15, 0.2) is 0 Å². The van der Waals surface area contributed by atoms with Crippen LogP contribution in [-0.4, -0.2) is 67.3 Å². The molecule has 0 fully saturated rings. The van der Waals surface area contributed by atoms with Gasteiger partial charge in [-0.25, -0.2) is 23.7 Å². The number of ether oxygens (including phenoxy) is 5. The van der Waals surface area contributed by atoms with Crippen molar-refractivity contribution in [3.05, 3.63) is 0 Å². The quantitative estimate of drug-likeness (QED) is 0.179. The first-order valence-electron chi connectivity index (χ1n) is 8.14. The van der Waals surface area contributed by atoms with Crippen LogP contribution in [0.1, 0.15) is 6.92 Å². The molecule has 0 saturated carbocycles. The van der Waals surface area contributed by atoms with E-state index in [1.165, 1.54) is 18.9 Å². The predicted octanol–water partition coefficient (Wildman–Crippen LogP) is 7.58. The molecular weight excluding hydrogens is 661 g/mol. The fourth-order valence-electron chi connectivity index (χ4n) is 1.40. The maximum Gasteiger partial charge on any atom is 0.483 e. The molecule has 0 aliphatic carbocycles. The van der Waals surface area contributed by atoms with E-state index in [4.69, 9.17) is 0 Å². The Morgan fingerprint density at radius 3 is 0.550 bits per heavy atom. The molecule has 0 N–H and O–H groups in total. The Labute approximate surface area is 200 Å². The minimum atomic E-state index is -8.01. The zero-order valence-corrected chi connectivity index (χ0v) is 17.2. The summed E-state index contributed by atoms with van der Waals surface area (Å²) in [7, 11) is 0. The Morgan fingerprint density at radius 1 is 0.250 bits per heavy atom. The summed E-state index contributed by atoms with van der Waals surface area (Å²) in [6.45, 7) is -0.802.